The topological polar surface area (TPSA) is 85.6 Å². The average molecular weight is 350 g/mol. The van der Waals surface area contributed by atoms with Crippen molar-refractivity contribution in [2.75, 3.05) is 13.1 Å². The molecule has 0 bridgehead atoms. The summed E-state index contributed by atoms with van der Waals surface area (Å²) in [5, 5.41) is 3.39. The molecule has 0 radical (unpaired) electrons. The van der Waals surface area contributed by atoms with Crippen LogP contribution in [0.2, 0.25) is 0 Å². The zero-order chi connectivity index (χ0) is 18.5. The Hall–Kier alpha value is -2.09. The van der Waals surface area contributed by atoms with E-state index in [1.54, 1.807) is 18.1 Å². The highest BCUT2D eigenvalue weighted by molar-refractivity contribution is 5.69. The number of aromatic nitrogens is 2. The van der Waals surface area contributed by atoms with Crippen LogP contribution in [0.1, 0.15) is 26.3 Å². The number of carbonyl (C=O) groups is 1. The zero-order valence-corrected chi connectivity index (χ0v) is 15.4. The molecule has 0 aromatic carbocycles. The molecule has 2 fully saturated rings. The Morgan fingerprint density at radius 2 is 1.84 bits per heavy atom. The quantitative estimate of drug-likeness (QED) is 0.832. The van der Waals surface area contributed by atoms with Gasteiger partial charge in [0.1, 0.15) is 5.60 Å². The Morgan fingerprint density at radius 1 is 1.24 bits per heavy atom. The summed E-state index contributed by atoms with van der Waals surface area (Å²) in [6, 6.07) is 0.306. The largest absolute Gasteiger partial charge is 0.444 e. The second-order valence-electron chi connectivity index (χ2n) is 8.03. The third-order valence-corrected chi connectivity index (χ3v) is 4.89. The van der Waals surface area contributed by atoms with Crippen LogP contribution in [0.5, 0.6) is 0 Å². The number of hydrogen-bond acceptors (Lipinski definition) is 5. The van der Waals surface area contributed by atoms with E-state index in [-0.39, 0.29) is 17.3 Å². The fourth-order valence-corrected chi connectivity index (χ4v) is 3.54. The van der Waals surface area contributed by atoms with Crippen LogP contribution in [0.25, 0.3) is 0 Å². The summed E-state index contributed by atoms with van der Waals surface area (Å²) in [7, 11) is 3.12. The highest BCUT2D eigenvalue weighted by Crippen LogP contribution is 2.45. The van der Waals surface area contributed by atoms with Crippen LogP contribution in [0.15, 0.2) is 15.8 Å². The van der Waals surface area contributed by atoms with Gasteiger partial charge in [-0.1, -0.05) is 0 Å². The highest BCUT2D eigenvalue weighted by Gasteiger charge is 2.56. The molecule has 2 atom stereocenters. The van der Waals surface area contributed by atoms with Crippen molar-refractivity contribution in [2.45, 2.75) is 39.0 Å². The standard InChI is InChI=1S/C17H26N4O4/c1-17(2,3)25-16(24)21-8-11-12(9-21)13(11)18-6-10-7-19(4)15(23)20(5)14(10)22/h7,11-13,18H,6,8-9H2,1-5H3. The molecule has 2 unspecified atom stereocenters. The first kappa shape index (κ1) is 17.7. The van der Waals surface area contributed by atoms with Gasteiger partial charge in [0.25, 0.3) is 5.56 Å². The first-order valence-corrected chi connectivity index (χ1v) is 8.55. The molecule has 25 heavy (non-hydrogen) atoms. The Balaban J connectivity index is 1.54. The molecule has 3 rings (SSSR count). The monoisotopic (exact) mass is 350 g/mol. The normalized spacial score (nSPS) is 25.0. The smallest absolute Gasteiger partial charge is 0.410 e. The summed E-state index contributed by atoms with van der Waals surface area (Å²) < 4.78 is 7.93. The molecule has 1 amide bonds. The van der Waals surface area contributed by atoms with Crippen molar-refractivity contribution in [2.24, 2.45) is 25.9 Å². The second-order valence-corrected chi connectivity index (χ2v) is 8.03. The van der Waals surface area contributed by atoms with Crippen molar-refractivity contribution in [3.05, 3.63) is 32.6 Å². The predicted octanol–water partition coefficient (Wildman–Crippen LogP) is 0.0389. The van der Waals surface area contributed by atoms with Gasteiger partial charge in [0, 0.05) is 51.5 Å². The van der Waals surface area contributed by atoms with Gasteiger partial charge in [-0.2, -0.15) is 0 Å². The van der Waals surface area contributed by atoms with Crippen molar-refractivity contribution < 1.29 is 9.53 Å². The number of nitrogens with one attached hydrogen (secondary N) is 1. The lowest BCUT2D eigenvalue weighted by molar-refractivity contribution is 0.0269. The third-order valence-electron chi connectivity index (χ3n) is 4.89. The summed E-state index contributed by atoms with van der Waals surface area (Å²) in [4.78, 5) is 37.7. The lowest BCUT2D eigenvalue weighted by Crippen LogP contribution is -2.41. The van der Waals surface area contributed by atoms with Gasteiger partial charge in [-0.3, -0.25) is 9.36 Å². The first-order chi connectivity index (χ1) is 11.6. The summed E-state index contributed by atoms with van der Waals surface area (Å²) >= 11 is 0. The second kappa shape index (κ2) is 6.01. The molecule has 138 valence electrons. The van der Waals surface area contributed by atoms with Crippen molar-refractivity contribution in [3.8, 4) is 0 Å². The SMILES string of the molecule is Cn1cc(CNC2C3CN(C(=O)OC(C)(C)C)CC32)c(=O)n(C)c1=O. The number of ether oxygens (including phenoxy) is 1. The maximum atomic E-state index is 12.1. The molecule has 1 N–H and O–H groups in total. The number of piperidine rings is 1. The van der Waals surface area contributed by atoms with Crippen LogP contribution in [0.4, 0.5) is 4.79 Å². The number of aryl methyl sites for hydroxylation is 1. The van der Waals surface area contributed by atoms with E-state index in [0.29, 0.717) is 43.1 Å². The van der Waals surface area contributed by atoms with Crippen molar-refractivity contribution >= 4 is 6.09 Å². The van der Waals surface area contributed by atoms with E-state index in [1.807, 2.05) is 20.8 Å². The van der Waals surface area contributed by atoms with Crippen LogP contribution in [-0.4, -0.2) is 44.9 Å². The number of likely N-dealkylation sites (tertiary alicyclic amines) is 1. The van der Waals surface area contributed by atoms with Crippen LogP contribution in [0, 0.1) is 11.8 Å². The van der Waals surface area contributed by atoms with Gasteiger partial charge in [-0.05, 0) is 32.6 Å². The van der Waals surface area contributed by atoms with Gasteiger partial charge in [-0.15, -0.1) is 0 Å². The van der Waals surface area contributed by atoms with E-state index >= 15 is 0 Å². The summed E-state index contributed by atoms with van der Waals surface area (Å²) in [5.74, 6) is 0.813. The minimum atomic E-state index is -0.481. The van der Waals surface area contributed by atoms with Crippen molar-refractivity contribution in [1.82, 2.24) is 19.4 Å². The number of amides is 1. The van der Waals surface area contributed by atoms with Gasteiger partial charge < -0.3 is 19.5 Å². The molecule has 2 aliphatic rings. The lowest BCUT2D eigenvalue weighted by Gasteiger charge is -2.26. The molecular formula is C17H26N4O4. The molecule has 1 aromatic rings. The molecule has 8 nitrogen and oxygen atoms in total. The zero-order valence-electron chi connectivity index (χ0n) is 15.4. The maximum absolute atomic E-state index is 12.1. The van der Waals surface area contributed by atoms with E-state index < -0.39 is 5.60 Å². The molecule has 1 saturated carbocycles. The molecule has 0 spiro atoms. The van der Waals surface area contributed by atoms with E-state index in [9.17, 15) is 14.4 Å². The maximum Gasteiger partial charge on any atom is 0.410 e. The fraction of sp³-hybridized carbons (Fsp3) is 0.706. The predicted molar refractivity (Wildman–Crippen MR) is 92.3 cm³/mol. The van der Waals surface area contributed by atoms with Gasteiger partial charge in [0.15, 0.2) is 0 Å². The summed E-state index contributed by atoms with van der Waals surface area (Å²) in [5.41, 5.74) is -0.509. The first-order valence-electron chi connectivity index (χ1n) is 8.55. The van der Waals surface area contributed by atoms with E-state index in [2.05, 4.69) is 5.32 Å². The third kappa shape index (κ3) is 3.49. The van der Waals surface area contributed by atoms with Crippen molar-refractivity contribution in [3.63, 3.8) is 0 Å². The van der Waals surface area contributed by atoms with Gasteiger partial charge in [0.2, 0.25) is 0 Å². The molecule has 8 heteroatoms. The lowest BCUT2D eigenvalue weighted by atomic mass is 10.2. The molecule has 1 saturated heterocycles. The number of rotatable bonds is 3. The van der Waals surface area contributed by atoms with Crippen molar-refractivity contribution in [1.29, 1.82) is 0 Å². The minimum absolute atomic E-state index is 0.259. The Kier molecular flexibility index (Phi) is 4.26. The highest BCUT2D eigenvalue weighted by atomic mass is 16.6. The number of carbonyl (C=O) groups excluding carboxylic acids is 1. The van der Waals surface area contributed by atoms with E-state index in [0.717, 1.165) is 4.57 Å². The Labute approximate surface area is 146 Å². The van der Waals surface area contributed by atoms with E-state index in [1.165, 1.54) is 11.6 Å². The Morgan fingerprint density at radius 3 is 2.40 bits per heavy atom. The van der Waals surface area contributed by atoms with Crippen LogP contribution >= 0.6 is 0 Å². The van der Waals surface area contributed by atoms with Gasteiger partial charge >= 0.3 is 11.8 Å². The fourth-order valence-electron chi connectivity index (χ4n) is 3.54. The number of hydrogen-bond donors (Lipinski definition) is 1. The average Bonchev–Trinajstić information content (AvgIpc) is 2.95. The molecule has 1 aliphatic carbocycles. The summed E-state index contributed by atoms with van der Waals surface area (Å²) in [6.45, 7) is 7.37. The molecule has 2 heterocycles. The molecular weight excluding hydrogens is 324 g/mol. The minimum Gasteiger partial charge on any atom is -0.444 e. The number of fused-ring (bicyclic) bond motifs is 1. The summed E-state index contributed by atoms with van der Waals surface area (Å²) in [6.07, 6.45) is 1.33. The van der Waals surface area contributed by atoms with Crippen LogP contribution < -0.4 is 16.6 Å². The van der Waals surface area contributed by atoms with Crippen LogP contribution in [0.3, 0.4) is 0 Å². The Bertz CT molecular complexity index is 792. The van der Waals surface area contributed by atoms with Crippen LogP contribution in [-0.2, 0) is 25.4 Å². The van der Waals surface area contributed by atoms with Gasteiger partial charge in [0.05, 0.1) is 0 Å². The van der Waals surface area contributed by atoms with E-state index in [4.69, 9.17) is 4.74 Å². The number of nitrogens with zero attached hydrogens (tertiary/aromatic N) is 3. The molecule has 1 aliphatic heterocycles. The van der Waals surface area contributed by atoms with Gasteiger partial charge in [-0.25, -0.2) is 9.59 Å². The molecule has 1 aromatic heterocycles.